The maximum absolute atomic E-state index is 13.6. The number of halogens is 4. The monoisotopic (exact) mass is 360 g/mol. The lowest BCUT2D eigenvalue weighted by Crippen LogP contribution is -2.06. The van der Waals surface area contributed by atoms with Gasteiger partial charge in [0.15, 0.2) is 5.78 Å². The Labute approximate surface area is 128 Å². The van der Waals surface area contributed by atoms with E-state index in [9.17, 15) is 9.18 Å². The highest BCUT2D eigenvalue weighted by atomic mass is 79.9. The van der Waals surface area contributed by atoms with Crippen LogP contribution in [0.2, 0.25) is 10.0 Å². The van der Waals surface area contributed by atoms with Gasteiger partial charge >= 0.3 is 0 Å². The summed E-state index contributed by atoms with van der Waals surface area (Å²) in [6, 6.07) is 9.19. The van der Waals surface area contributed by atoms with Crippen molar-refractivity contribution in [1.29, 1.82) is 0 Å². The maximum atomic E-state index is 13.6. The highest BCUT2D eigenvalue weighted by Crippen LogP contribution is 2.24. The summed E-state index contributed by atoms with van der Waals surface area (Å²) in [5.41, 5.74) is 0.749. The second-order valence-electron chi connectivity index (χ2n) is 3.97. The predicted octanol–water partition coefficient (Wildman–Crippen LogP) is 5.32. The Hall–Kier alpha value is -0.900. The van der Waals surface area contributed by atoms with Gasteiger partial charge in [-0.3, -0.25) is 4.79 Å². The van der Waals surface area contributed by atoms with E-state index in [4.69, 9.17) is 23.2 Å². The summed E-state index contributed by atoms with van der Waals surface area (Å²) in [7, 11) is 0. The number of ketones is 1. The van der Waals surface area contributed by atoms with Gasteiger partial charge in [0.2, 0.25) is 0 Å². The van der Waals surface area contributed by atoms with Crippen molar-refractivity contribution in [3.8, 4) is 0 Å². The van der Waals surface area contributed by atoms with Crippen LogP contribution in [-0.4, -0.2) is 5.78 Å². The average molecular weight is 362 g/mol. The molecule has 0 heterocycles. The minimum atomic E-state index is -0.534. The summed E-state index contributed by atoms with van der Waals surface area (Å²) >= 11 is 14.9. The molecule has 98 valence electrons. The summed E-state index contributed by atoms with van der Waals surface area (Å²) in [6.07, 6.45) is 0.0737. The molecule has 0 bridgehead atoms. The molecule has 19 heavy (non-hydrogen) atoms. The van der Waals surface area contributed by atoms with Gasteiger partial charge in [-0.1, -0.05) is 45.2 Å². The van der Waals surface area contributed by atoms with Crippen LogP contribution in [0.5, 0.6) is 0 Å². The Bertz CT molecular complexity index is 643. The van der Waals surface area contributed by atoms with Gasteiger partial charge in [-0.05, 0) is 35.9 Å². The lowest BCUT2D eigenvalue weighted by Gasteiger charge is -2.05. The third kappa shape index (κ3) is 3.56. The fourth-order valence-electron chi connectivity index (χ4n) is 1.64. The minimum absolute atomic E-state index is 0.0560. The van der Waals surface area contributed by atoms with Crippen molar-refractivity contribution in [3.05, 3.63) is 67.9 Å². The zero-order valence-corrected chi connectivity index (χ0v) is 12.7. The molecule has 2 aromatic rings. The maximum Gasteiger partial charge on any atom is 0.170 e. The Morgan fingerprint density at radius 3 is 2.53 bits per heavy atom. The van der Waals surface area contributed by atoms with E-state index >= 15 is 0 Å². The molecule has 0 spiro atoms. The van der Waals surface area contributed by atoms with Gasteiger partial charge in [0, 0.05) is 10.9 Å². The van der Waals surface area contributed by atoms with E-state index in [1.165, 1.54) is 12.1 Å². The molecule has 0 saturated carbocycles. The third-order valence-corrected chi connectivity index (χ3v) is 3.81. The Morgan fingerprint density at radius 1 is 1.11 bits per heavy atom. The van der Waals surface area contributed by atoms with Crippen molar-refractivity contribution in [1.82, 2.24) is 0 Å². The Balaban J connectivity index is 2.25. The molecule has 0 N–H and O–H groups in total. The molecule has 2 aromatic carbocycles. The van der Waals surface area contributed by atoms with Gasteiger partial charge in [-0.15, -0.1) is 0 Å². The molecule has 0 aliphatic rings. The van der Waals surface area contributed by atoms with E-state index in [1.807, 2.05) is 0 Å². The standard InChI is InChI=1S/C14H8BrCl2FO/c15-9-2-4-13(18)10(7-9)14(19)6-8-1-3-11(16)12(17)5-8/h1-5,7H,6H2. The van der Waals surface area contributed by atoms with Crippen LogP contribution in [0, 0.1) is 5.82 Å². The van der Waals surface area contributed by atoms with Crippen LogP contribution in [-0.2, 0) is 6.42 Å². The number of hydrogen-bond donors (Lipinski definition) is 0. The highest BCUT2D eigenvalue weighted by molar-refractivity contribution is 9.10. The highest BCUT2D eigenvalue weighted by Gasteiger charge is 2.13. The molecule has 0 saturated heterocycles. The number of benzene rings is 2. The molecule has 1 nitrogen and oxygen atoms in total. The summed E-state index contributed by atoms with van der Waals surface area (Å²) in [6.45, 7) is 0. The zero-order chi connectivity index (χ0) is 14.0. The van der Waals surface area contributed by atoms with Gasteiger partial charge in [0.25, 0.3) is 0 Å². The number of carbonyl (C=O) groups excluding carboxylic acids is 1. The fourth-order valence-corrected chi connectivity index (χ4v) is 2.32. The molecule has 0 atom stereocenters. The van der Waals surface area contributed by atoms with Crippen LogP contribution in [0.3, 0.4) is 0 Å². The third-order valence-electron chi connectivity index (χ3n) is 2.58. The van der Waals surface area contributed by atoms with Crippen molar-refractivity contribution in [2.45, 2.75) is 6.42 Å². The minimum Gasteiger partial charge on any atom is -0.294 e. The predicted molar refractivity (Wildman–Crippen MR) is 78.6 cm³/mol. The van der Waals surface area contributed by atoms with Crippen LogP contribution < -0.4 is 0 Å². The van der Waals surface area contributed by atoms with Gasteiger partial charge in [-0.2, -0.15) is 0 Å². The normalized spacial score (nSPS) is 10.5. The van der Waals surface area contributed by atoms with Gasteiger partial charge in [-0.25, -0.2) is 4.39 Å². The number of carbonyl (C=O) groups is 1. The van der Waals surface area contributed by atoms with Crippen LogP contribution in [0.1, 0.15) is 15.9 Å². The molecular formula is C14H8BrCl2FO. The molecule has 5 heteroatoms. The van der Waals surface area contributed by atoms with Gasteiger partial charge in [0.1, 0.15) is 5.82 Å². The molecule has 0 aromatic heterocycles. The zero-order valence-electron chi connectivity index (χ0n) is 9.59. The van der Waals surface area contributed by atoms with Crippen LogP contribution in [0.25, 0.3) is 0 Å². The Kier molecular flexibility index (Phi) is 4.61. The second-order valence-corrected chi connectivity index (χ2v) is 5.70. The van der Waals surface area contributed by atoms with E-state index in [1.54, 1.807) is 24.3 Å². The second kappa shape index (κ2) is 6.04. The first-order valence-corrected chi connectivity index (χ1v) is 6.94. The first-order valence-electron chi connectivity index (χ1n) is 5.39. The van der Waals surface area contributed by atoms with Crippen molar-refractivity contribution in [3.63, 3.8) is 0 Å². The van der Waals surface area contributed by atoms with Crippen LogP contribution in [0.15, 0.2) is 40.9 Å². The molecule has 0 radical (unpaired) electrons. The molecule has 0 aliphatic heterocycles. The van der Waals surface area contributed by atoms with Crippen molar-refractivity contribution in [2.75, 3.05) is 0 Å². The largest absolute Gasteiger partial charge is 0.294 e. The molecular weight excluding hydrogens is 354 g/mol. The number of Topliss-reactive ketones (excluding diaryl/α,β-unsaturated/α-hetero) is 1. The SMILES string of the molecule is O=C(Cc1ccc(Cl)c(Cl)c1)c1cc(Br)ccc1F. The first-order chi connectivity index (χ1) is 8.97. The quantitative estimate of drug-likeness (QED) is 0.676. The molecule has 0 unspecified atom stereocenters. The number of rotatable bonds is 3. The van der Waals surface area contributed by atoms with Gasteiger partial charge < -0.3 is 0 Å². The van der Waals surface area contributed by atoms with E-state index in [2.05, 4.69) is 15.9 Å². The molecule has 0 amide bonds. The summed E-state index contributed by atoms with van der Waals surface area (Å²) in [5, 5.41) is 0.799. The number of hydrogen-bond acceptors (Lipinski definition) is 1. The molecule has 2 rings (SSSR count). The summed E-state index contributed by atoms with van der Waals surface area (Å²) in [4.78, 5) is 12.0. The topological polar surface area (TPSA) is 17.1 Å². The van der Waals surface area contributed by atoms with E-state index in [0.717, 1.165) is 0 Å². The van der Waals surface area contributed by atoms with E-state index < -0.39 is 5.82 Å². The Morgan fingerprint density at radius 2 is 1.84 bits per heavy atom. The average Bonchev–Trinajstić information content (AvgIpc) is 2.36. The fraction of sp³-hybridized carbons (Fsp3) is 0.0714. The lowest BCUT2D eigenvalue weighted by molar-refractivity contribution is 0.0989. The molecule has 0 fully saturated rings. The van der Waals surface area contributed by atoms with Gasteiger partial charge in [0.05, 0.1) is 15.6 Å². The molecule has 0 aliphatic carbocycles. The van der Waals surface area contributed by atoms with Crippen LogP contribution >= 0.6 is 39.1 Å². The lowest BCUT2D eigenvalue weighted by atomic mass is 10.0. The summed E-state index contributed by atoms with van der Waals surface area (Å²) in [5.74, 6) is -0.842. The van der Waals surface area contributed by atoms with Crippen LogP contribution in [0.4, 0.5) is 4.39 Å². The van der Waals surface area contributed by atoms with Crippen molar-refractivity contribution >= 4 is 44.9 Å². The summed E-state index contributed by atoms with van der Waals surface area (Å²) < 4.78 is 14.2. The van der Waals surface area contributed by atoms with E-state index in [0.29, 0.717) is 20.1 Å². The smallest absolute Gasteiger partial charge is 0.170 e. The first kappa shape index (κ1) is 14.5. The van der Waals surface area contributed by atoms with E-state index in [-0.39, 0.29) is 17.8 Å². The van der Waals surface area contributed by atoms with Crippen molar-refractivity contribution in [2.24, 2.45) is 0 Å². The van der Waals surface area contributed by atoms with Crippen molar-refractivity contribution < 1.29 is 9.18 Å².